The second-order valence-corrected chi connectivity index (χ2v) is 4.58. The van der Waals surface area contributed by atoms with Crippen LogP contribution in [0, 0.1) is 0 Å². The first kappa shape index (κ1) is 12.3. The number of nitrogens with one attached hydrogen (secondary N) is 1. The molecule has 0 amide bonds. The van der Waals surface area contributed by atoms with E-state index in [4.69, 9.17) is 5.11 Å². The number of rotatable bonds is 4. The molecule has 3 aromatic rings. The third-order valence-corrected chi connectivity index (χ3v) is 3.18. The van der Waals surface area contributed by atoms with E-state index < -0.39 is 5.97 Å². The van der Waals surface area contributed by atoms with Crippen LogP contribution in [0.5, 0.6) is 0 Å². The summed E-state index contributed by atoms with van der Waals surface area (Å²) in [5, 5.41) is 8.96. The molecule has 2 N–H and O–H groups in total. The highest BCUT2D eigenvalue weighted by Gasteiger charge is 2.07. The number of aromatic nitrogens is 3. The second kappa shape index (κ2) is 5.13. The first-order chi connectivity index (χ1) is 9.72. The molecular formula is C15H13N3O2. The number of nitrogens with zero attached hydrogens (tertiary/aromatic N) is 2. The average molecular weight is 267 g/mol. The third-order valence-electron chi connectivity index (χ3n) is 3.18. The van der Waals surface area contributed by atoms with Gasteiger partial charge in [0.1, 0.15) is 5.82 Å². The summed E-state index contributed by atoms with van der Waals surface area (Å²) >= 11 is 0. The number of H-pyrrole nitrogens is 1. The Morgan fingerprint density at radius 2 is 1.95 bits per heavy atom. The predicted molar refractivity (Wildman–Crippen MR) is 74.7 cm³/mol. The van der Waals surface area contributed by atoms with Crippen LogP contribution < -0.4 is 0 Å². The fraction of sp³-hybridized carbons (Fsp3) is 0.133. The average Bonchev–Trinajstić information content (AvgIpc) is 2.88. The van der Waals surface area contributed by atoms with Crippen molar-refractivity contribution in [2.45, 2.75) is 12.8 Å². The van der Waals surface area contributed by atoms with Crippen LogP contribution in [0.15, 0.2) is 42.7 Å². The third kappa shape index (κ3) is 2.51. The molecule has 0 aliphatic carbocycles. The molecule has 0 aliphatic rings. The Morgan fingerprint density at radius 3 is 2.70 bits per heavy atom. The van der Waals surface area contributed by atoms with Crippen molar-refractivity contribution in [1.82, 2.24) is 15.0 Å². The standard InChI is InChI=1S/C15H13N3O2/c19-15(20)11-2-3-12-13(9-11)18-14(17-12)4-1-10-5-7-16-8-6-10/h2-3,5-9H,1,4H2,(H,17,18)(H,19,20). The van der Waals surface area contributed by atoms with Crippen LogP contribution in [0.4, 0.5) is 0 Å². The van der Waals surface area contributed by atoms with Crippen LogP contribution in [0.25, 0.3) is 11.0 Å². The fourth-order valence-corrected chi connectivity index (χ4v) is 2.13. The number of carbonyl (C=O) groups is 1. The number of fused-ring (bicyclic) bond motifs is 1. The molecule has 0 saturated carbocycles. The normalized spacial score (nSPS) is 10.8. The molecular weight excluding hydrogens is 254 g/mol. The van der Waals surface area contributed by atoms with Crippen LogP contribution in [0.2, 0.25) is 0 Å². The number of aromatic amines is 1. The molecule has 0 atom stereocenters. The number of pyridine rings is 1. The van der Waals surface area contributed by atoms with E-state index in [9.17, 15) is 4.79 Å². The fourth-order valence-electron chi connectivity index (χ4n) is 2.13. The molecule has 0 bridgehead atoms. The summed E-state index contributed by atoms with van der Waals surface area (Å²) in [4.78, 5) is 22.5. The first-order valence-corrected chi connectivity index (χ1v) is 6.33. The number of imidazole rings is 1. The lowest BCUT2D eigenvalue weighted by Crippen LogP contribution is -1.94. The highest BCUT2D eigenvalue weighted by Crippen LogP contribution is 2.15. The lowest BCUT2D eigenvalue weighted by molar-refractivity contribution is 0.0697. The maximum Gasteiger partial charge on any atom is 0.335 e. The van der Waals surface area contributed by atoms with Crippen LogP contribution in [-0.2, 0) is 12.8 Å². The van der Waals surface area contributed by atoms with Gasteiger partial charge in [-0.1, -0.05) is 0 Å². The van der Waals surface area contributed by atoms with Gasteiger partial charge in [0.05, 0.1) is 16.6 Å². The molecule has 0 fully saturated rings. The Balaban J connectivity index is 1.80. The van der Waals surface area contributed by atoms with E-state index in [0.29, 0.717) is 0 Å². The zero-order valence-corrected chi connectivity index (χ0v) is 10.7. The van der Waals surface area contributed by atoms with Crippen LogP contribution in [-0.4, -0.2) is 26.0 Å². The molecule has 0 unspecified atom stereocenters. The monoisotopic (exact) mass is 267 g/mol. The van der Waals surface area contributed by atoms with Crippen molar-refractivity contribution in [3.05, 3.63) is 59.7 Å². The number of carboxylic acids is 1. The number of carboxylic acid groups (broad SMARTS) is 1. The van der Waals surface area contributed by atoms with Gasteiger partial charge in [-0.2, -0.15) is 0 Å². The van der Waals surface area contributed by atoms with Gasteiger partial charge in [0.15, 0.2) is 0 Å². The lowest BCUT2D eigenvalue weighted by atomic mass is 10.1. The molecule has 2 aromatic heterocycles. The van der Waals surface area contributed by atoms with E-state index in [1.165, 1.54) is 5.56 Å². The Labute approximate surface area is 115 Å². The summed E-state index contributed by atoms with van der Waals surface area (Å²) in [5.41, 5.74) is 3.02. The minimum atomic E-state index is -0.931. The maximum absolute atomic E-state index is 10.9. The van der Waals surface area contributed by atoms with E-state index in [2.05, 4.69) is 15.0 Å². The first-order valence-electron chi connectivity index (χ1n) is 6.33. The minimum Gasteiger partial charge on any atom is -0.478 e. The summed E-state index contributed by atoms with van der Waals surface area (Å²) in [6.07, 6.45) is 5.19. The summed E-state index contributed by atoms with van der Waals surface area (Å²) in [6.45, 7) is 0. The summed E-state index contributed by atoms with van der Waals surface area (Å²) < 4.78 is 0. The van der Waals surface area contributed by atoms with Crippen molar-refractivity contribution in [3.8, 4) is 0 Å². The van der Waals surface area contributed by atoms with Crippen molar-refractivity contribution < 1.29 is 9.90 Å². The SMILES string of the molecule is O=C(O)c1ccc2nc(CCc3ccncc3)[nH]c2c1. The van der Waals surface area contributed by atoms with E-state index in [0.717, 1.165) is 29.7 Å². The zero-order valence-electron chi connectivity index (χ0n) is 10.7. The Bertz CT molecular complexity index is 750. The maximum atomic E-state index is 10.9. The topological polar surface area (TPSA) is 78.9 Å². The molecule has 20 heavy (non-hydrogen) atoms. The van der Waals surface area contributed by atoms with Gasteiger partial charge in [-0.15, -0.1) is 0 Å². The number of aromatic carboxylic acids is 1. The molecule has 2 heterocycles. The largest absolute Gasteiger partial charge is 0.478 e. The molecule has 5 heteroatoms. The Morgan fingerprint density at radius 1 is 1.15 bits per heavy atom. The quantitative estimate of drug-likeness (QED) is 0.761. The van der Waals surface area contributed by atoms with Gasteiger partial charge >= 0.3 is 5.97 Å². The van der Waals surface area contributed by atoms with Crippen molar-refractivity contribution >= 4 is 17.0 Å². The van der Waals surface area contributed by atoms with Gasteiger partial charge in [-0.05, 0) is 42.3 Å². The molecule has 0 aliphatic heterocycles. The Hall–Kier alpha value is -2.69. The van der Waals surface area contributed by atoms with Gasteiger partial charge < -0.3 is 10.1 Å². The van der Waals surface area contributed by atoms with E-state index in [1.54, 1.807) is 30.6 Å². The Kier molecular flexibility index (Phi) is 3.16. The zero-order chi connectivity index (χ0) is 13.9. The highest BCUT2D eigenvalue weighted by molar-refractivity contribution is 5.92. The van der Waals surface area contributed by atoms with Crippen molar-refractivity contribution in [2.75, 3.05) is 0 Å². The summed E-state index contributed by atoms with van der Waals surface area (Å²) in [5.74, 6) is -0.0702. The van der Waals surface area contributed by atoms with Gasteiger partial charge in [-0.25, -0.2) is 9.78 Å². The van der Waals surface area contributed by atoms with E-state index >= 15 is 0 Å². The van der Waals surface area contributed by atoms with E-state index in [1.807, 2.05) is 12.1 Å². The summed E-state index contributed by atoms with van der Waals surface area (Å²) in [7, 11) is 0. The molecule has 0 spiro atoms. The number of hydrogen-bond acceptors (Lipinski definition) is 3. The highest BCUT2D eigenvalue weighted by atomic mass is 16.4. The predicted octanol–water partition coefficient (Wildman–Crippen LogP) is 2.44. The molecule has 0 radical (unpaired) electrons. The molecule has 3 rings (SSSR count). The smallest absolute Gasteiger partial charge is 0.335 e. The number of aryl methyl sites for hydroxylation is 2. The van der Waals surface area contributed by atoms with Gasteiger partial charge in [0, 0.05) is 18.8 Å². The lowest BCUT2D eigenvalue weighted by Gasteiger charge is -1.97. The minimum absolute atomic E-state index is 0.266. The van der Waals surface area contributed by atoms with Crippen LogP contribution in [0.3, 0.4) is 0 Å². The summed E-state index contributed by atoms with van der Waals surface area (Å²) in [6, 6.07) is 8.86. The van der Waals surface area contributed by atoms with Gasteiger partial charge in [-0.3, -0.25) is 4.98 Å². The van der Waals surface area contributed by atoms with Crippen molar-refractivity contribution in [2.24, 2.45) is 0 Å². The second-order valence-electron chi connectivity index (χ2n) is 4.58. The molecule has 100 valence electrons. The van der Waals surface area contributed by atoms with Crippen LogP contribution in [0.1, 0.15) is 21.7 Å². The molecule has 5 nitrogen and oxygen atoms in total. The van der Waals surface area contributed by atoms with Crippen molar-refractivity contribution in [1.29, 1.82) is 0 Å². The number of hydrogen-bond donors (Lipinski definition) is 2. The van der Waals surface area contributed by atoms with Crippen LogP contribution >= 0.6 is 0 Å². The molecule has 0 saturated heterocycles. The van der Waals surface area contributed by atoms with Gasteiger partial charge in [0.2, 0.25) is 0 Å². The van der Waals surface area contributed by atoms with Gasteiger partial charge in [0.25, 0.3) is 0 Å². The van der Waals surface area contributed by atoms with E-state index in [-0.39, 0.29) is 5.56 Å². The number of benzene rings is 1. The van der Waals surface area contributed by atoms with Crippen molar-refractivity contribution in [3.63, 3.8) is 0 Å². The molecule has 1 aromatic carbocycles.